The lowest BCUT2D eigenvalue weighted by Crippen LogP contribution is -2.61. The van der Waals surface area contributed by atoms with E-state index in [1.165, 1.54) is 18.0 Å². The van der Waals surface area contributed by atoms with Gasteiger partial charge in [-0.15, -0.1) is 11.8 Å². The van der Waals surface area contributed by atoms with Gasteiger partial charge < -0.3 is 25.4 Å². The fourth-order valence-electron chi connectivity index (χ4n) is 2.06. The molecular formula is C10H16ClN3O5S. The van der Waals surface area contributed by atoms with Crippen molar-refractivity contribution in [2.45, 2.75) is 29.7 Å². The number of hydrogen-bond donors (Lipinski definition) is 5. The molecular weight excluding hydrogens is 310 g/mol. The van der Waals surface area contributed by atoms with Gasteiger partial charge in [0.2, 0.25) is 5.12 Å². The van der Waals surface area contributed by atoms with Crippen molar-refractivity contribution in [3.8, 4) is 0 Å². The second-order valence-electron chi connectivity index (χ2n) is 4.48. The Bertz CT molecular complexity index is 435. The Morgan fingerprint density at radius 1 is 1.60 bits per heavy atom. The van der Waals surface area contributed by atoms with Crippen LogP contribution in [0.1, 0.15) is 0 Å². The number of amides is 2. The maximum absolute atomic E-state index is 12.0. The number of alkyl halides is 1. The summed E-state index contributed by atoms with van der Waals surface area (Å²) >= 11 is 7.19. The second-order valence-corrected chi connectivity index (χ2v) is 5.92. The zero-order chi connectivity index (χ0) is 15.1. The Balaban J connectivity index is 2.27. The van der Waals surface area contributed by atoms with Gasteiger partial charge in [-0.25, -0.2) is 4.79 Å². The van der Waals surface area contributed by atoms with Crippen molar-refractivity contribution in [3.63, 3.8) is 0 Å². The van der Waals surface area contributed by atoms with E-state index in [2.05, 4.69) is 5.32 Å². The van der Waals surface area contributed by atoms with Gasteiger partial charge in [0.1, 0.15) is 18.3 Å². The predicted molar refractivity (Wildman–Crippen MR) is 72.5 cm³/mol. The number of ether oxygens (including phenoxy) is 1. The third kappa shape index (κ3) is 2.62. The molecule has 0 aromatic carbocycles. The average molecular weight is 326 g/mol. The van der Waals surface area contributed by atoms with Crippen LogP contribution in [0.5, 0.6) is 0 Å². The average Bonchev–Trinajstić information content (AvgIpc) is 2.65. The lowest BCUT2D eigenvalue weighted by atomic mass is 10.1. The Kier molecular flexibility index (Phi) is 4.50. The first kappa shape index (κ1) is 15.8. The fourth-order valence-corrected chi connectivity index (χ4v) is 2.99. The number of aliphatic hydroxyl groups is 3. The number of nitrogens with zero attached hydrogens (tertiary/aromatic N) is 1. The molecule has 8 nitrogen and oxygen atoms in total. The molecule has 114 valence electrons. The topological polar surface area (TPSA) is 128 Å². The molecule has 1 saturated heterocycles. The minimum absolute atomic E-state index is 0.441. The molecule has 0 spiro atoms. The lowest BCUT2D eigenvalue weighted by molar-refractivity contribution is -0.0664. The molecule has 1 fully saturated rings. The summed E-state index contributed by atoms with van der Waals surface area (Å²) in [5.74, 6) is 0. The number of halogens is 1. The van der Waals surface area contributed by atoms with Crippen molar-refractivity contribution < 1.29 is 24.9 Å². The zero-order valence-corrected chi connectivity index (χ0v) is 12.1. The van der Waals surface area contributed by atoms with Crippen LogP contribution in [-0.4, -0.2) is 68.8 Å². The van der Waals surface area contributed by atoms with Gasteiger partial charge >= 0.3 is 6.03 Å². The van der Waals surface area contributed by atoms with E-state index in [-0.39, 0.29) is 0 Å². The summed E-state index contributed by atoms with van der Waals surface area (Å²) in [5.41, 5.74) is 5.72. The van der Waals surface area contributed by atoms with Crippen molar-refractivity contribution in [1.82, 2.24) is 10.2 Å². The van der Waals surface area contributed by atoms with Gasteiger partial charge in [-0.3, -0.25) is 10.6 Å². The molecule has 2 rings (SSSR count). The van der Waals surface area contributed by atoms with E-state index in [1.54, 1.807) is 6.26 Å². The normalized spacial score (nSPS) is 41.6. The van der Waals surface area contributed by atoms with E-state index < -0.39 is 42.3 Å². The summed E-state index contributed by atoms with van der Waals surface area (Å²) in [5, 5.41) is 29.5. The van der Waals surface area contributed by atoms with Crippen LogP contribution >= 0.6 is 23.4 Å². The number of hydrogen-bond acceptors (Lipinski definition) is 7. The molecule has 0 radical (unpaired) electrons. The highest BCUT2D eigenvalue weighted by molar-refractivity contribution is 8.02. The van der Waals surface area contributed by atoms with Gasteiger partial charge in [0, 0.05) is 6.20 Å². The van der Waals surface area contributed by atoms with Gasteiger partial charge in [-0.2, -0.15) is 0 Å². The summed E-state index contributed by atoms with van der Waals surface area (Å²) in [7, 11) is 0. The van der Waals surface area contributed by atoms with Crippen molar-refractivity contribution in [3.05, 3.63) is 11.1 Å². The minimum atomic E-state index is -1.52. The number of nitrogens with one attached hydrogen (secondary N) is 1. The van der Waals surface area contributed by atoms with Crippen molar-refractivity contribution in [1.29, 1.82) is 0 Å². The standard InChI is InChI=1S/C10H16ClN3O5S/c1-20-5-2-14(9(18)13-10(5,11)12)8-7(17)6(16)4(3-15)19-8/h2,4,6-8,15-17H,3,12H2,1H3,(H,13,18)/t4-,6-,7-,8-,10?/m1/s1. The van der Waals surface area contributed by atoms with E-state index >= 15 is 0 Å². The third-order valence-electron chi connectivity index (χ3n) is 3.15. The van der Waals surface area contributed by atoms with Crippen LogP contribution in [0.25, 0.3) is 0 Å². The van der Waals surface area contributed by atoms with E-state index in [0.29, 0.717) is 4.91 Å². The smallest absolute Gasteiger partial charge is 0.326 e. The summed E-state index contributed by atoms with van der Waals surface area (Å²) in [6.07, 6.45) is -1.64. The first-order valence-corrected chi connectivity index (χ1v) is 7.39. The maximum Gasteiger partial charge on any atom is 0.326 e. The molecule has 2 amide bonds. The van der Waals surface area contributed by atoms with Crippen molar-refractivity contribution in [2.24, 2.45) is 5.73 Å². The first-order chi connectivity index (χ1) is 9.31. The van der Waals surface area contributed by atoms with Crippen molar-refractivity contribution in [2.75, 3.05) is 12.9 Å². The number of nitrogens with two attached hydrogens (primary N) is 1. The number of rotatable bonds is 3. The Labute approximate surface area is 124 Å². The Morgan fingerprint density at radius 3 is 2.75 bits per heavy atom. The monoisotopic (exact) mass is 325 g/mol. The van der Waals surface area contributed by atoms with Crippen molar-refractivity contribution >= 4 is 29.4 Å². The molecule has 0 bridgehead atoms. The summed E-state index contributed by atoms with van der Waals surface area (Å²) < 4.78 is 5.28. The minimum Gasteiger partial charge on any atom is -0.394 e. The van der Waals surface area contributed by atoms with Gasteiger partial charge in [0.05, 0.1) is 11.5 Å². The third-order valence-corrected chi connectivity index (χ3v) is 4.43. The van der Waals surface area contributed by atoms with E-state index in [1.807, 2.05) is 0 Å². The number of carbonyl (C=O) groups is 1. The molecule has 6 N–H and O–H groups in total. The van der Waals surface area contributed by atoms with E-state index in [0.717, 1.165) is 4.90 Å². The molecule has 20 heavy (non-hydrogen) atoms. The lowest BCUT2D eigenvalue weighted by Gasteiger charge is -2.37. The molecule has 2 aliphatic rings. The van der Waals surface area contributed by atoms with Gasteiger partial charge in [0.15, 0.2) is 6.23 Å². The van der Waals surface area contributed by atoms with E-state index in [9.17, 15) is 15.0 Å². The Hall–Kier alpha value is -0.550. The number of carbonyl (C=O) groups excluding carboxylic acids is 1. The fraction of sp³-hybridized carbons (Fsp3) is 0.700. The zero-order valence-electron chi connectivity index (χ0n) is 10.6. The second kappa shape index (κ2) is 5.68. The molecule has 0 aliphatic carbocycles. The van der Waals surface area contributed by atoms with Crippen LogP contribution in [-0.2, 0) is 4.74 Å². The van der Waals surface area contributed by atoms with Crippen LogP contribution < -0.4 is 11.1 Å². The van der Waals surface area contributed by atoms with Crippen LogP contribution in [0.3, 0.4) is 0 Å². The van der Waals surface area contributed by atoms with Gasteiger partial charge in [0.25, 0.3) is 0 Å². The van der Waals surface area contributed by atoms with Crippen LogP contribution in [0.4, 0.5) is 4.79 Å². The highest BCUT2D eigenvalue weighted by Crippen LogP contribution is 2.33. The van der Waals surface area contributed by atoms with Gasteiger partial charge in [-0.05, 0) is 6.26 Å². The molecule has 0 saturated carbocycles. The molecule has 10 heteroatoms. The molecule has 2 heterocycles. The molecule has 0 aromatic heterocycles. The Morgan fingerprint density at radius 2 is 2.25 bits per heavy atom. The number of thioether (sulfide) groups is 1. The molecule has 2 aliphatic heterocycles. The van der Waals surface area contributed by atoms with Gasteiger partial charge in [-0.1, -0.05) is 11.6 Å². The van der Waals surface area contributed by atoms with Crippen LogP contribution in [0, 0.1) is 0 Å². The predicted octanol–water partition coefficient (Wildman–Crippen LogP) is -1.49. The maximum atomic E-state index is 12.0. The summed E-state index contributed by atoms with van der Waals surface area (Å²) in [4.78, 5) is 13.5. The number of urea groups is 1. The molecule has 1 unspecified atom stereocenters. The highest BCUT2D eigenvalue weighted by Gasteiger charge is 2.48. The molecule has 5 atom stereocenters. The summed E-state index contributed by atoms with van der Waals surface area (Å²) in [6, 6.07) is -0.671. The quantitative estimate of drug-likeness (QED) is 0.316. The first-order valence-electron chi connectivity index (χ1n) is 5.79. The van der Waals surface area contributed by atoms with Crippen LogP contribution in [0.15, 0.2) is 11.1 Å². The van der Waals surface area contributed by atoms with Crippen LogP contribution in [0.2, 0.25) is 0 Å². The largest absolute Gasteiger partial charge is 0.394 e. The SMILES string of the molecule is CSC1=CN([C@@H]2O[C@H](CO)[C@@H](O)[C@H]2O)C(=O)NC1(N)Cl. The highest BCUT2D eigenvalue weighted by atomic mass is 35.5. The summed E-state index contributed by atoms with van der Waals surface area (Å²) in [6.45, 7) is -0.473. The number of aliphatic hydroxyl groups excluding tert-OH is 3. The van der Waals surface area contributed by atoms with E-state index in [4.69, 9.17) is 27.2 Å². The molecule has 0 aromatic rings.